The van der Waals surface area contributed by atoms with E-state index in [9.17, 15) is 18.4 Å². The summed E-state index contributed by atoms with van der Waals surface area (Å²) in [6.07, 6.45) is 1.66. The van der Waals surface area contributed by atoms with Crippen LogP contribution in [0.3, 0.4) is 0 Å². The number of hydrogen-bond acceptors (Lipinski definition) is 6. The summed E-state index contributed by atoms with van der Waals surface area (Å²) in [5.74, 6) is -2.80. The molecule has 2 aromatic rings. The van der Waals surface area contributed by atoms with Gasteiger partial charge in [0.15, 0.2) is 11.5 Å². The predicted octanol–water partition coefficient (Wildman–Crippen LogP) is 1.33. The van der Waals surface area contributed by atoms with Crippen molar-refractivity contribution in [1.82, 2.24) is 14.9 Å². The molecule has 1 aromatic carbocycles. The SMILES string of the molecule is COc1cc2ncn(CCCC(=O)NCC(F)(F)CN)c(=O)c2cc1OC.Cl. The molecule has 0 fully saturated rings. The van der Waals surface area contributed by atoms with Crippen molar-refractivity contribution in [2.45, 2.75) is 25.3 Å². The fraction of sp³-hybridized carbons (Fsp3) is 0.471. The standard InChI is InChI=1S/C17H22F2N4O4.ClH/c1-26-13-6-11-12(7-14(13)27-2)22-10-23(16(11)25)5-3-4-15(24)21-9-17(18,19)8-20;/h6-7,10H,3-5,8-9,20H2,1-2H3,(H,21,24);1H. The molecule has 0 aliphatic carbocycles. The lowest BCUT2D eigenvalue weighted by atomic mass is 10.2. The van der Waals surface area contributed by atoms with E-state index in [0.29, 0.717) is 28.8 Å². The molecule has 0 unspecified atom stereocenters. The van der Waals surface area contributed by atoms with Gasteiger partial charge in [-0.25, -0.2) is 13.8 Å². The van der Waals surface area contributed by atoms with Crippen molar-refractivity contribution in [1.29, 1.82) is 0 Å². The molecule has 2 rings (SSSR count). The molecule has 156 valence electrons. The number of alkyl halides is 2. The van der Waals surface area contributed by atoms with Gasteiger partial charge in [0.25, 0.3) is 11.5 Å². The van der Waals surface area contributed by atoms with E-state index in [0.717, 1.165) is 0 Å². The Balaban J connectivity index is 0.00000392. The van der Waals surface area contributed by atoms with E-state index in [2.05, 4.69) is 10.3 Å². The summed E-state index contributed by atoms with van der Waals surface area (Å²) in [5.41, 5.74) is 5.07. The second-order valence-electron chi connectivity index (χ2n) is 5.91. The summed E-state index contributed by atoms with van der Waals surface area (Å²) in [5, 5.41) is 2.48. The molecule has 0 radical (unpaired) electrons. The van der Waals surface area contributed by atoms with Gasteiger partial charge in [-0.1, -0.05) is 0 Å². The highest BCUT2D eigenvalue weighted by molar-refractivity contribution is 5.85. The van der Waals surface area contributed by atoms with E-state index in [1.807, 2.05) is 0 Å². The number of fused-ring (bicyclic) bond motifs is 1. The number of nitrogens with one attached hydrogen (secondary N) is 1. The lowest BCUT2D eigenvalue weighted by molar-refractivity contribution is -0.123. The Kier molecular flexibility index (Phi) is 8.58. The number of carbonyl (C=O) groups is 1. The van der Waals surface area contributed by atoms with E-state index in [4.69, 9.17) is 15.2 Å². The van der Waals surface area contributed by atoms with Crippen molar-refractivity contribution in [3.63, 3.8) is 0 Å². The zero-order valence-corrected chi connectivity index (χ0v) is 16.4. The smallest absolute Gasteiger partial charge is 0.277 e. The molecule has 1 aromatic heterocycles. The monoisotopic (exact) mass is 420 g/mol. The number of aromatic nitrogens is 2. The third-order valence-electron chi connectivity index (χ3n) is 3.98. The second kappa shape index (κ2) is 10.2. The normalized spacial score (nSPS) is 11.0. The maximum atomic E-state index is 13.0. The van der Waals surface area contributed by atoms with Gasteiger partial charge in [0, 0.05) is 19.0 Å². The van der Waals surface area contributed by atoms with Gasteiger partial charge in [-0.3, -0.25) is 14.2 Å². The van der Waals surface area contributed by atoms with Crippen LogP contribution in [-0.4, -0.2) is 48.7 Å². The van der Waals surface area contributed by atoms with Crippen molar-refractivity contribution in [3.05, 3.63) is 28.8 Å². The first kappa shape index (κ1) is 23.6. The number of hydrogen-bond donors (Lipinski definition) is 2. The number of methoxy groups -OCH3 is 2. The number of halogens is 3. The van der Waals surface area contributed by atoms with Gasteiger partial charge in [0.05, 0.1) is 44.5 Å². The number of rotatable bonds is 9. The first-order chi connectivity index (χ1) is 12.8. The molecule has 8 nitrogen and oxygen atoms in total. The summed E-state index contributed by atoms with van der Waals surface area (Å²) in [4.78, 5) is 28.4. The number of nitrogens with zero attached hydrogens (tertiary/aromatic N) is 2. The van der Waals surface area contributed by atoms with E-state index < -0.39 is 24.9 Å². The van der Waals surface area contributed by atoms with Gasteiger partial charge in [-0.2, -0.15) is 0 Å². The highest BCUT2D eigenvalue weighted by Crippen LogP contribution is 2.29. The molecule has 0 bridgehead atoms. The molecule has 0 saturated heterocycles. The average Bonchev–Trinajstić information content (AvgIpc) is 2.67. The van der Waals surface area contributed by atoms with Gasteiger partial charge in [0.1, 0.15) is 0 Å². The molecule has 0 atom stereocenters. The molecule has 28 heavy (non-hydrogen) atoms. The van der Waals surface area contributed by atoms with Crippen LogP contribution in [0.2, 0.25) is 0 Å². The van der Waals surface area contributed by atoms with Crippen LogP contribution in [0.5, 0.6) is 11.5 Å². The van der Waals surface area contributed by atoms with Gasteiger partial charge >= 0.3 is 0 Å². The maximum absolute atomic E-state index is 13.0. The minimum absolute atomic E-state index is 0. The van der Waals surface area contributed by atoms with Gasteiger partial charge in [-0.15, -0.1) is 12.4 Å². The number of amides is 1. The molecular weight excluding hydrogens is 398 g/mol. The average molecular weight is 421 g/mol. The summed E-state index contributed by atoms with van der Waals surface area (Å²) >= 11 is 0. The zero-order valence-electron chi connectivity index (χ0n) is 15.5. The van der Waals surface area contributed by atoms with Crippen molar-refractivity contribution < 1.29 is 23.0 Å². The van der Waals surface area contributed by atoms with E-state index in [1.54, 1.807) is 12.1 Å². The van der Waals surface area contributed by atoms with Crippen LogP contribution in [-0.2, 0) is 11.3 Å². The number of ether oxygens (including phenoxy) is 2. The fourth-order valence-corrected chi connectivity index (χ4v) is 2.44. The van der Waals surface area contributed by atoms with Crippen molar-refractivity contribution >= 4 is 29.2 Å². The topological polar surface area (TPSA) is 108 Å². The van der Waals surface area contributed by atoms with E-state index in [1.165, 1.54) is 25.1 Å². The first-order valence-corrected chi connectivity index (χ1v) is 8.27. The van der Waals surface area contributed by atoms with Crippen LogP contribution in [0, 0.1) is 0 Å². The second-order valence-corrected chi connectivity index (χ2v) is 5.91. The number of aryl methyl sites for hydroxylation is 1. The van der Waals surface area contributed by atoms with Crippen LogP contribution < -0.4 is 26.1 Å². The molecule has 0 spiro atoms. The van der Waals surface area contributed by atoms with E-state index >= 15 is 0 Å². The van der Waals surface area contributed by atoms with Gasteiger partial charge in [-0.05, 0) is 12.5 Å². The van der Waals surface area contributed by atoms with Crippen LogP contribution in [0.25, 0.3) is 10.9 Å². The Morgan fingerprint density at radius 3 is 2.54 bits per heavy atom. The molecule has 1 heterocycles. The number of carbonyl (C=O) groups excluding carboxylic acids is 1. The highest BCUT2D eigenvalue weighted by Gasteiger charge is 2.26. The Labute approximate surface area is 166 Å². The maximum Gasteiger partial charge on any atom is 0.277 e. The molecular formula is C17H23ClF2N4O4. The van der Waals surface area contributed by atoms with Crippen LogP contribution in [0.1, 0.15) is 12.8 Å². The molecule has 1 amide bonds. The number of benzene rings is 1. The van der Waals surface area contributed by atoms with E-state index in [-0.39, 0.29) is 30.9 Å². The minimum atomic E-state index is -3.13. The largest absolute Gasteiger partial charge is 0.493 e. The predicted molar refractivity (Wildman–Crippen MR) is 103 cm³/mol. The van der Waals surface area contributed by atoms with Crippen molar-refractivity contribution in [2.75, 3.05) is 27.3 Å². The lowest BCUT2D eigenvalue weighted by Gasteiger charge is -2.14. The third-order valence-corrected chi connectivity index (χ3v) is 3.98. The Morgan fingerprint density at radius 2 is 1.93 bits per heavy atom. The molecule has 0 aliphatic rings. The van der Waals surface area contributed by atoms with Crippen molar-refractivity contribution in [2.24, 2.45) is 5.73 Å². The van der Waals surface area contributed by atoms with Gasteiger partial charge < -0.3 is 20.5 Å². The Hall–Kier alpha value is -2.46. The van der Waals surface area contributed by atoms with Crippen LogP contribution in [0.15, 0.2) is 23.3 Å². The lowest BCUT2D eigenvalue weighted by Crippen LogP contribution is -2.41. The van der Waals surface area contributed by atoms with Crippen molar-refractivity contribution in [3.8, 4) is 11.5 Å². The van der Waals surface area contributed by atoms with Gasteiger partial charge in [0.2, 0.25) is 5.91 Å². The summed E-state index contributed by atoms with van der Waals surface area (Å²) < 4.78 is 37.7. The first-order valence-electron chi connectivity index (χ1n) is 8.27. The highest BCUT2D eigenvalue weighted by atomic mass is 35.5. The quantitative estimate of drug-likeness (QED) is 0.633. The van der Waals surface area contributed by atoms with Crippen LogP contribution in [0.4, 0.5) is 8.78 Å². The molecule has 0 saturated carbocycles. The minimum Gasteiger partial charge on any atom is -0.493 e. The summed E-state index contributed by atoms with van der Waals surface area (Å²) in [7, 11) is 2.95. The summed E-state index contributed by atoms with van der Waals surface area (Å²) in [6.45, 7) is -1.42. The molecule has 3 N–H and O–H groups in total. The number of nitrogens with two attached hydrogens (primary N) is 1. The third kappa shape index (κ3) is 5.77. The molecule has 11 heteroatoms. The fourth-order valence-electron chi connectivity index (χ4n) is 2.44. The molecule has 0 aliphatic heterocycles. The summed E-state index contributed by atoms with van der Waals surface area (Å²) in [6, 6.07) is 3.15. The Bertz CT molecular complexity index is 876. The van der Waals surface area contributed by atoms with Crippen LogP contribution >= 0.6 is 12.4 Å². The Morgan fingerprint density at radius 1 is 1.29 bits per heavy atom. The zero-order chi connectivity index (χ0) is 20.0.